The molecule has 0 aliphatic carbocycles. The molecule has 3 N–H and O–H groups in total. The largest absolute Gasteiger partial charge is 0.453 e. The number of hydrogen-bond acceptors (Lipinski definition) is 5. The van der Waals surface area contributed by atoms with Gasteiger partial charge in [-0.15, -0.1) is 0 Å². The van der Waals surface area contributed by atoms with Gasteiger partial charge in [0.2, 0.25) is 5.91 Å². The molecule has 0 bridgehead atoms. The van der Waals surface area contributed by atoms with Gasteiger partial charge in [-0.2, -0.15) is 0 Å². The minimum absolute atomic E-state index is 0.0816. The highest BCUT2D eigenvalue weighted by Gasteiger charge is 2.37. The maximum Gasteiger partial charge on any atom is 0.407 e. The molecule has 3 heterocycles. The first kappa shape index (κ1) is 33.0. The number of aromatic amines is 2. The van der Waals surface area contributed by atoms with Crippen LogP contribution in [-0.4, -0.2) is 56.5 Å². The number of fused-ring (bicyclic) bond motifs is 1. The van der Waals surface area contributed by atoms with E-state index in [1.54, 1.807) is 0 Å². The summed E-state index contributed by atoms with van der Waals surface area (Å²) >= 11 is 0. The van der Waals surface area contributed by atoms with Gasteiger partial charge in [0, 0.05) is 18.0 Å². The van der Waals surface area contributed by atoms with Crippen LogP contribution in [0.2, 0.25) is 0 Å². The van der Waals surface area contributed by atoms with E-state index in [0.717, 1.165) is 75.3 Å². The standard InChI is InChI=1S/C39H46N6O3/c1-6-7-9-25(4)36-40-22-32(42-36)27-13-11-26(12-14-27)28-15-16-30-21-31(18-17-29(30)20-28)33-23-41-37(43-33)34-10-8-19-45(34)38(46)35(24(2)3)44-39(47)48-5/h11-18,20-25,34-35H,6-10,19H2,1-5H3,(H,40,42)(H,41,43)(H,44,47)/t25-,34?,35-/m0/s1. The van der Waals surface area contributed by atoms with Crippen LogP contribution in [0, 0.1) is 5.92 Å². The maximum absolute atomic E-state index is 13.5. The quantitative estimate of drug-likeness (QED) is 0.133. The number of imidazole rings is 2. The van der Waals surface area contributed by atoms with E-state index < -0.39 is 12.1 Å². The molecule has 1 aliphatic heterocycles. The van der Waals surface area contributed by atoms with Crippen molar-refractivity contribution in [2.45, 2.75) is 77.8 Å². The number of hydrogen-bond donors (Lipinski definition) is 3. The summed E-state index contributed by atoms with van der Waals surface area (Å²) in [6.07, 6.45) is 8.42. The van der Waals surface area contributed by atoms with Crippen LogP contribution in [0.25, 0.3) is 44.4 Å². The minimum Gasteiger partial charge on any atom is -0.453 e. The van der Waals surface area contributed by atoms with Gasteiger partial charge in [0.1, 0.15) is 17.7 Å². The number of rotatable bonds is 11. The summed E-state index contributed by atoms with van der Waals surface area (Å²) in [5.41, 5.74) is 6.45. The fourth-order valence-electron chi connectivity index (χ4n) is 6.66. The van der Waals surface area contributed by atoms with Gasteiger partial charge in [-0.3, -0.25) is 4.79 Å². The summed E-state index contributed by atoms with van der Waals surface area (Å²) in [5.74, 6) is 2.05. The number of likely N-dealkylation sites (tertiary alicyclic amines) is 1. The Bertz CT molecular complexity index is 1870. The third-order valence-electron chi connectivity index (χ3n) is 9.57. The van der Waals surface area contributed by atoms with Crippen LogP contribution in [0.1, 0.15) is 83.4 Å². The molecule has 6 rings (SSSR count). The van der Waals surface area contributed by atoms with Gasteiger partial charge < -0.3 is 24.9 Å². The van der Waals surface area contributed by atoms with Gasteiger partial charge in [-0.1, -0.05) is 89.1 Å². The number of carbonyl (C=O) groups is 2. The van der Waals surface area contributed by atoms with E-state index in [9.17, 15) is 9.59 Å². The Labute approximate surface area is 282 Å². The molecule has 48 heavy (non-hydrogen) atoms. The number of nitrogens with one attached hydrogen (secondary N) is 3. The molecule has 0 radical (unpaired) electrons. The molecule has 1 fully saturated rings. The topological polar surface area (TPSA) is 116 Å². The van der Waals surface area contributed by atoms with Gasteiger partial charge >= 0.3 is 6.09 Å². The zero-order valence-electron chi connectivity index (χ0n) is 28.5. The molecule has 1 unspecified atom stereocenters. The number of methoxy groups -OCH3 is 1. The van der Waals surface area contributed by atoms with Crippen molar-refractivity contribution in [3.63, 3.8) is 0 Å². The lowest BCUT2D eigenvalue weighted by Crippen LogP contribution is -2.51. The summed E-state index contributed by atoms with van der Waals surface area (Å²) in [6, 6.07) is 20.8. The number of benzene rings is 3. The molecule has 1 saturated heterocycles. The van der Waals surface area contributed by atoms with Crippen molar-refractivity contribution >= 4 is 22.8 Å². The molecule has 3 atom stereocenters. The van der Waals surface area contributed by atoms with E-state index in [0.29, 0.717) is 12.5 Å². The van der Waals surface area contributed by atoms with E-state index >= 15 is 0 Å². The van der Waals surface area contributed by atoms with Gasteiger partial charge in [0.05, 0.1) is 36.9 Å². The lowest BCUT2D eigenvalue weighted by Gasteiger charge is -2.30. The highest BCUT2D eigenvalue weighted by Crippen LogP contribution is 2.34. The molecular formula is C39H46N6O3. The molecule has 2 amide bonds. The number of ether oxygens (including phenoxy) is 1. The molecule has 0 saturated carbocycles. The third kappa shape index (κ3) is 7.00. The number of aromatic nitrogens is 4. The fraction of sp³-hybridized carbons (Fsp3) is 0.385. The fourth-order valence-corrected chi connectivity index (χ4v) is 6.66. The average molecular weight is 647 g/mol. The van der Waals surface area contributed by atoms with Crippen LogP contribution in [-0.2, 0) is 9.53 Å². The summed E-state index contributed by atoms with van der Waals surface area (Å²) in [4.78, 5) is 43.6. The predicted octanol–water partition coefficient (Wildman–Crippen LogP) is 8.62. The Balaban J connectivity index is 1.16. The maximum atomic E-state index is 13.5. The van der Waals surface area contributed by atoms with Crippen molar-refractivity contribution in [1.29, 1.82) is 0 Å². The summed E-state index contributed by atoms with van der Waals surface area (Å²) < 4.78 is 4.76. The second kappa shape index (κ2) is 14.5. The molecule has 9 nitrogen and oxygen atoms in total. The Morgan fingerprint density at radius 2 is 1.54 bits per heavy atom. The average Bonchev–Trinajstić information content (AvgIpc) is 3.90. The number of H-pyrrole nitrogens is 2. The minimum atomic E-state index is -0.663. The third-order valence-corrected chi connectivity index (χ3v) is 9.57. The van der Waals surface area contributed by atoms with E-state index in [2.05, 4.69) is 94.8 Å². The summed E-state index contributed by atoms with van der Waals surface area (Å²) in [7, 11) is 1.30. The SMILES string of the molecule is CCCC[C@H](C)c1ncc(-c2ccc(-c3ccc4cc(-c5cnc(C6CCCN6C(=O)[C@@H](NC(=O)OC)C(C)C)[nH]5)ccc4c3)cc2)[nH]1. The molecule has 3 aromatic carbocycles. The second-order valence-electron chi connectivity index (χ2n) is 13.3. The van der Waals surface area contributed by atoms with Crippen LogP contribution in [0.15, 0.2) is 73.1 Å². The molecule has 5 aromatic rings. The molecule has 9 heteroatoms. The van der Waals surface area contributed by atoms with Crippen molar-refractivity contribution in [2.75, 3.05) is 13.7 Å². The number of amides is 2. The molecule has 0 spiro atoms. The van der Waals surface area contributed by atoms with Crippen LogP contribution in [0.3, 0.4) is 0 Å². The summed E-state index contributed by atoms with van der Waals surface area (Å²) in [5, 5.41) is 5.00. The normalized spacial score (nSPS) is 16.0. The van der Waals surface area contributed by atoms with Gasteiger partial charge in [0.15, 0.2) is 0 Å². The zero-order chi connectivity index (χ0) is 33.8. The zero-order valence-corrected chi connectivity index (χ0v) is 28.5. The smallest absolute Gasteiger partial charge is 0.407 e. The molecular weight excluding hydrogens is 600 g/mol. The lowest BCUT2D eigenvalue weighted by atomic mass is 9.98. The monoisotopic (exact) mass is 646 g/mol. The first-order valence-corrected chi connectivity index (χ1v) is 17.2. The van der Waals surface area contributed by atoms with Crippen molar-refractivity contribution in [2.24, 2.45) is 5.92 Å². The van der Waals surface area contributed by atoms with Crippen LogP contribution in [0.5, 0.6) is 0 Å². The predicted molar refractivity (Wildman–Crippen MR) is 190 cm³/mol. The number of unbranched alkanes of at least 4 members (excludes halogenated alkanes) is 1. The highest BCUT2D eigenvalue weighted by atomic mass is 16.5. The lowest BCUT2D eigenvalue weighted by molar-refractivity contribution is -0.135. The van der Waals surface area contributed by atoms with Crippen LogP contribution in [0.4, 0.5) is 4.79 Å². The number of nitrogens with zero attached hydrogens (tertiary/aromatic N) is 3. The number of alkyl carbamates (subject to hydrolysis) is 1. The molecule has 1 aliphatic rings. The Morgan fingerprint density at radius 1 is 0.896 bits per heavy atom. The van der Waals surface area contributed by atoms with Crippen molar-refractivity contribution in [3.8, 4) is 33.6 Å². The Morgan fingerprint density at radius 3 is 2.25 bits per heavy atom. The van der Waals surface area contributed by atoms with E-state index in [1.165, 1.54) is 20.0 Å². The first-order chi connectivity index (χ1) is 23.2. The highest BCUT2D eigenvalue weighted by molar-refractivity contribution is 5.91. The van der Waals surface area contributed by atoms with Crippen molar-refractivity contribution < 1.29 is 14.3 Å². The van der Waals surface area contributed by atoms with E-state index in [4.69, 9.17) is 9.72 Å². The van der Waals surface area contributed by atoms with Gasteiger partial charge in [-0.25, -0.2) is 14.8 Å². The van der Waals surface area contributed by atoms with Crippen LogP contribution < -0.4 is 5.32 Å². The second-order valence-corrected chi connectivity index (χ2v) is 13.3. The Kier molecular flexibility index (Phi) is 9.94. The van der Waals surface area contributed by atoms with Gasteiger partial charge in [0.25, 0.3) is 0 Å². The number of carbonyl (C=O) groups excluding carboxylic acids is 2. The van der Waals surface area contributed by atoms with Crippen molar-refractivity contribution in [3.05, 3.63) is 84.7 Å². The molecule has 250 valence electrons. The van der Waals surface area contributed by atoms with E-state index in [1.807, 2.05) is 31.1 Å². The first-order valence-electron chi connectivity index (χ1n) is 17.2. The summed E-state index contributed by atoms with van der Waals surface area (Å²) in [6.45, 7) is 8.91. The van der Waals surface area contributed by atoms with Crippen LogP contribution >= 0.6 is 0 Å². The Hall–Kier alpha value is -4.92. The molecule has 2 aromatic heterocycles. The van der Waals surface area contributed by atoms with E-state index in [-0.39, 0.29) is 17.9 Å². The van der Waals surface area contributed by atoms with Gasteiger partial charge in [-0.05, 0) is 64.8 Å². The van der Waals surface area contributed by atoms with Crippen molar-refractivity contribution in [1.82, 2.24) is 30.2 Å².